The molecule has 1 amide bonds. The first kappa shape index (κ1) is 17.8. The topological polar surface area (TPSA) is 64.6 Å². The minimum Gasteiger partial charge on any atom is -0.482 e. The average Bonchev–Trinajstić information content (AvgIpc) is 2.53. The molecule has 1 fully saturated rings. The van der Waals surface area contributed by atoms with Crippen molar-refractivity contribution < 1.29 is 19.1 Å². The Balaban J connectivity index is 1.66. The Morgan fingerprint density at radius 1 is 1.26 bits per heavy atom. The molecular weight excluding hydrogens is 362 g/mol. The van der Waals surface area contributed by atoms with Crippen molar-refractivity contribution in [2.45, 2.75) is 38.6 Å². The van der Waals surface area contributed by atoms with Gasteiger partial charge < -0.3 is 14.8 Å². The molecule has 1 aliphatic carbocycles. The molecule has 0 aliphatic heterocycles. The number of halogens is 1. The van der Waals surface area contributed by atoms with Crippen LogP contribution in [0.2, 0.25) is 0 Å². The summed E-state index contributed by atoms with van der Waals surface area (Å²) in [7, 11) is 0. The second-order valence-corrected chi connectivity index (χ2v) is 6.76. The quantitative estimate of drug-likeness (QED) is 0.766. The van der Waals surface area contributed by atoms with Crippen molar-refractivity contribution in [2.75, 3.05) is 13.2 Å². The smallest absolute Gasteiger partial charge is 0.344 e. The van der Waals surface area contributed by atoms with Gasteiger partial charge in [0.25, 0.3) is 5.91 Å². The highest BCUT2D eigenvalue weighted by Gasteiger charge is 2.23. The minimum atomic E-state index is -0.559. The molecule has 0 heterocycles. The number of hydrogen-bond acceptors (Lipinski definition) is 4. The maximum Gasteiger partial charge on any atom is 0.344 e. The Hall–Kier alpha value is -1.56. The highest BCUT2D eigenvalue weighted by atomic mass is 79.9. The number of esters is 1. The summed E-state index contributed by atoms with van der Waals surface area (Å²) in [4.78, 5) is 23.5. The third kappa shape index (κ3) is 6.22. The maximum absolute atomic E-state index is 11.8. The molecule has 1 N–H and O–H groups in total. The maximum atomic E-state index is 11.8. The van der Waals surface area contributed by atoms with Gasteiger partial charge in [-0.15, -0.1) is 0 Å². The van der Waals surface area contributed by atoms with Crippen LogP contribution >= 0.6 is 15.9 Å². The predicted octanol–water partition coefficient (Wildman–Crippen LogP) is 3.07. The fourth-order valence-electron chi connectivity index (χ4n) is 2.67. The van der Waals surface area contributed by atoms with E-state index >= 15 is 0 Å². The molecule has 0 aromatic heterocycles. The molecule has 6 heteroatoms. The molecular formula is C17H22BrNO4. The molecule has 23 heavy (non-hydrogen) atoms. The van der Waals surface area contributed by atoms with Crippen molar-refractivity contribution >= 4 is 27.8 Å². The van der Waals surface area contributed by atoms with E-state index in [0.29, 0.717) is 11.7 Å². The largest absolute Gasteiger partial charge is 0.482 e. The van der Waals surface area contributed by atoms with Crippen molar-refractivity contribution in [2.24, 2.45) is 5.92 Å². The van der Waals surface area contributed by atoms with Gasteiger partial charge in [0.1, 0.15) is 5.75 Å². The molecule has 1 aromatic rings. The molecule has 1 aromatic carbocycles. The van der Waals surface area contributed by atoms with E-state index in [1.807, 2.05) is 12.1 Å². The summed E-state index contributed by atoms with van der Waals surface area (Å²) in [5.41, 5.74) is 0. The summed E-state index contributed by atoms with van der Waals surface area (Å²) in [6.07, 6.45) is 4.48. The summed E-state index contributed by atoms with van der Waals surface area (Å²) in [6.45, 7) is 1.66. The molecule has 0 radical (unpaired) electrons. The normalized spacial score (nSPS) is 20.6. The van der Waals surface area contributed by atoms with Crippen LogP contribution in [0.15, 0.2) is 28.7 Å². The van der Waals surface area contributed by atoms with Gasteiger partial charge in [0.05, 0.1) is 0 Å². The fraction of sp³-hybridized carbons (Fsp3) is 0.529. The molecule has 2 atom stereocenters. The SMILES string of the molecule is C[C@@H]1CCCC[C@@H]1NC(=O)COC(=O)COc1cccc(Br)c1. The lowest BCUT2D eigenvalue weighted by Gasteiger charge is -2.29. The molecule has 0 bridgehead atoms. The first-order valence-electron chi connectivity index (χ1n) is 7.88. The van der Waals surface area contributed by atoms with E-state index in [1.165, 1.54) is 6.42 Å². The van der Waals surface area contributed by atoms with Crippen molar-refractivity contribution in [1.82, 2.24) is 5.32 Å². The molecule has 0 unspecified atom stereocenters. The van der Waals surface area contributed by atoms with Crippen molar-refractivity contribution in [3.05, 3.63) is 28.7 Å². The lowest BCUT2D eigenvalue weighted by Crippen LogP contribution is -2.43. The third-order valence-electron chi connectivity index (χ3n) is 3.97. The van der Waals surface area contributed by atoms with Gasteiger partial charge in [-0.1, -0.05) is 41.8 Å². The van der Waals surface area contributed by atoms with Gasteiger partial charge >= 0.3 is 5.97 Å². The minimum absolute atomic E-state index is 0.188. The number of carbonyl (C=O) groups excluding carboxylic acids is 2. The van der Waals surface area contributed by atoms with E-state index < -0.39 is 5.97 Å². The van der Waals surface area contributed by atoms with E-state index in [4.69, 9.17) is 9.47 Å². The van der Waals surface area contributed by atoms with Crippen LogP contribution in [0.25, 0.3) is 0 Å². The van der Waals surface area contributed by atoms with Crippen molar-refractivity contribution in [3.8, 4) is 5.75 Å². The predicted molar refractivity (Wildman–Crippen MR) is 90.2 cm³/mol. The Morgan fingerprint density at radius 2 is 2.04 bits per heavy atom. The van der Waals surface area contributed by atoms with Gasteiger partial charge in [-0.25, -0.2) is 4.79 Å². The molecule has 0 saturated heterocycles. The fourth-order valence-corrected chi connectivity index (χ4v) is 3.04. The van der Waals surface area contributed by atoms with Crippen LogP contribution < -0.4 is 10.1 Å². The van der Waals surface area contributed by atoms with Gasteiger partial charge in [-0.05, 0) is 37.0 Å². The van der Waals surface area contributed by atoms with Crippen LogP contribution in [-0.4, -0.2) is 31.1 Å². The first-order chi connectivity index (χ1) is 11.0. The average molecular weight is 384 g/mol. The van der Waals surface area contributed by atoms with Crippen LogP contribution in [0.5, 0.6) is 5.75 Å². The zero-order valence-electron chi connectivity index (χ0n) is 13.2. The zero-order chi connectivity index (χ0) is 16.7. The highest BCUT2D eigenvalue weighted by Crippen LogP contribution is 2.23. The summed E-state index contributed by atoms with van der Waals surface area (Å²) in [5.74, 6) is 0.233. The molecule has 2 rings (SSSR count). The van der Waals surface area contributed by atoms with Crippen LogP contribution in [0.1, 0.15) is 32.6 Å². The van der Waals surface area contributed by atoms with Gasteiger partial charge in [-0.3, -0.25) is 4.79 Å². The van der Waals surface area contributed by atoms with Crippen molar-refractivity contribution in [3.63, 3.8) is 0 Å². The number of carbonyl (C=O) groups is 2. The molecule has 1 aliphatic rings. The highest BCUT2D eigenvalue weighted by molar-refractivity contribution is 9.10. The van der Waals surface area contributed by atoms with E-state index in [1.54, 1.807) is 12.1 Å². The summed E-state index contributed by atoms with van der Waals surface area (Å²) in [5, 5.41) is 2.94. The molecule has 126 valence electrons. The van der Waals surface area contributed by atoms with Crippen LogP contribution in [0, 0.1) is 5.92 Å². The number of benzene rings is 1. The number of ether oxygens (including phenoxy) is 2. The summed E-state index contributed by atoms with van der Waals surface area (Å²) < 4.78 is 11.1. The zero-order valence-corrected chi connectivity index (χ0v) is 14.8. The molecule has 0 spiro atoms. The second kappa shape index (κ2) is 8.91. The van der Waals surface area contributed by atoms with Gasteiger partial charge in [0.15, 0.2) is 13.2 Å². The van der Waals surface area contributed by atoms with Gasteiger partial charge in [0, 0.05) is 10.5 Å². The second-order valence-electron chi connectivity index (χ2n) is 5.84. The lowest BCUT2D eigenvalue weighted by atomic mass is 9.86. The van der Waals surface area contributed by atoms with Crippen LogP contribution in [-0.2, 0) is 14.3 Å². The van der Waals surface area contributed by atoms with Crippen LogP contribution in [0.3, 0.4) is 0 Å². The number of rotatable bonds is 6. The van der Waals surface area contributed by atoms with Gasteiger partial charge in [0.2, 0.25) is 0 Å². The monoisotopic (exact) mass is 383 g/mol. The van der Waals surface area contributed by atoms with E-state index in [0.717, 1.165) is 23.7 Å². The Kier molecular flexibility index (Phi) is 6.89. The Labute approximate surface area is 144 Å². The van der Waals surface area contributed by atoms with E-state index in [-0.39, 0.29) is 25.2 Å². The number of amides is 1. The van der Waals surface area contributed by atoms with E-state index in [9.17, 15) is 9.59 Å². The summed E-state index contributed by atoms with van der Waals surface area (Å²) in [6, 6.07) is 7.36. The van der Waals surface area contributed by atoms with E-state index in [2.05, 4.69) is 28.2 Å². The third-order valence-corrected chi connectivity index (χ3v) is 4.47. The standard InChI is InChI=1S/C17H22BrNO4/c1-12-5-2-3-8-15(12)19-16(20)10-23-17(21)11-22-14-7-4-6-13(18)9-14/h4,6-7,9,12,15H,2-3,5,8,10-11H2,1H3,(H,19,20)/t12-,15+/m1/s1. The summed E-state index contributed by atoms with van der Waals surface area (Å²) >= 11 is 3.32. The first-order valence-corrected chi connectivity index (χ1v) is 8.67. The van der Waals surface area contributed by atoms with Crippen molar-refractivity contribution in [1.29, 1.82) is 0 Å². The molecule has 1 saturated carbocycles. The number of nitrogens with one attached hydrogen (secondary N) is 1. The van der Waals surface area contributed by atoms with Gasteiger partial charge in [-0.2, -0.15) is 0 Å². The Bertz CT molecular complexity index is 549. The Morgan fingerprint density at radius 3 is 2.78 bits per heavy atom. The van der Waals surface area contributed by atoms with Crippen LogP contribution in [0.4, 0.5) is 0 Å². The number of hydrogen-bond donors (Lipinski definition) is 1. The lowest BCUT2D eigenvalue weighted by molar-refractivity contribution is -0.150. The molecule has 5 nitrogen and oxygen atoms in total.